The Hall–Kier alpha value is -2.36. The molecular weight excluding hydrogens is 388 g/mol. The van der Waals surface area contributed by atoms with E-state index in [2.05, 4.69) is 5.32 Å². The van der Waals surface area contributed by atoms with Gasteiger partial charge in [-0.05, 0) is 35.9 Å². The van der Waals surface area contributed by atoms with Crippen LogP contribution in [0.15, 0.2) is 53.4 Å². The van der Waals surface area contributed by atoms with Crippen LogP contribution < -0.4 is 10.2 Å². The van der Waals surface area contributed by atoms with Crippen LogP contribution in [0, 0.1) is 11.6 Å². The van der Waals surface area contributed by atoms with Crippen molar-refractivity contribution in [1.29, 1.82) is 0 Å². The summed E-state index contributed by atoms with van der Waals surface area (Å²) < 4.78 is 52.7. The van der Waals surface area contributed by atoms with E-state index < -0.39 is 15.8 Å². The van der Waals surface area contributed by atoms with Gasteiger partial charge in [-0.1, -0.05) is 18.2 Å². The lowest BCUT2D eigenvalue weighted by atomic mass is 10.2. The minimum absolute atomic E-state index is 0.0620. The van der Waals surface area contributed by atoms with Crippen LogP contribution in [0.3, 0.4) is 0 Å². The van der Waals surface area contributed by atoms with Gasteiger partial charge in [0, 0.05) is 6.54 Å². The van der Waals surface area contributed by atoms with Crippen molar-refractivity contribution >= 4 is 15.9 Å². The molecule has 1 amide bonds. The molecule has 0 atom stereocenters. The van der Waals surface area contributed by atoms with Gasteiger partial charge in [0.25, 0.3) is 5.91 Å². The molecule has 0 spiro atoms. The van der Waals surface area contributed by atoms with Gasteiger partial charge in [0.2, 0.25) is 10.0 Å². The first-order valence-electron chi connectivity index (χ1n) is 8.95. The summed E-state index contributed by atoms with van der Waals surface area (Å²) >= 11 is 0. The molecule has 1 aliphatic heterocycles. The standard InChI is InChI=1S/C19H21F2N3O3S/c20-16-6-4-15(5-7-16)13-22-19(25)14-23-8-10-24(11-9-23)28(26,27)18-3-1-2-17(21)12-18/h1-7,12H,8-11,13-14H2,(H,22,25)/p+1. The number of rotatable bonds is 6. The van der Waals surface area contributed by atoms with Crippen molar-refractivity contribution in [2.45, 2.75) is 11.4 Å². The molecule has 9 heteroatoms. The van der Waals surface area contributed by atoms with E-state index in [9.17, 15) is 22.0 Å². The normalized spacial score (nSPS) is 16.1. The first-order chi connectivity index (χ1) is 13.3. The lowest BCUT2D eigenvalue weighted by Gasteiger charge is -2.31. The van der Waals surface area contributed by atoms with Crippen LogP contribution in [0.2, 0.25) is 0 Å². The van der Waals surface area contributed by atoms with E-state index in [0.29, 0.717) is 19.6 Å². The van der Waals surface area contributed by atoms with Gasteiger partial charge in [-0.15, -0.1) is 0 Å². The summed E-state index contributed by atoms with van der Waals surface area (Å²) in [6.45, 7) is 2.04. The molecule has 1 aliphatic rings. The van der Waals surface area contributed by atoms with Crippen molar-refractivity contribution in [3.8, 4) is 0 Å². The number of halogens is 2. The molecule has 2 aromatic rings. The van der Waals surface area contributed by atoms with E-state index in [0.717, 1.165) is 16.5 Å². The fourth-order valence-corrected chi connectivity index (χ4v) is 4.56. The van der Waals surface area contributed by atoms with Gasteiger partial charge in [0.05, 0.1) is 31.1 Å². The van der Waals surface area contributed by atoms with E-state index in [1.807, 2.05) is 0 Å². The number of piperazine rings is 1. The Morgan fingerprint density at radius 3 is 2.36 bits per heavy atom. The summed E-state index contributed by atoms with van der Waals surface area (Å²) in [6.07, 6.45) is 0. The van der Waals surface area contributed by atoms with Crippen molar-refractivity contribution in [3.63, 3.8) is 0 Å². The Balaban J connectivity index is 1.48. The Morgan fingerprint density at radius 2 is 1.71 bits per heavy atom. The molecule has 0 aromatic heterocycles. The smallest absolute Gasteiger partial charge is 0.275 e. The zero-order chi connectivity index (χ0) is 20.1. The number of hydrogen-bond acceptors (Lipinski definition) is 3. The molecule has 28 heavy (non-hydrogen) atoms. The zero-order valence-corrected chi connectivity index (χ0v) is 16.0. The topological polar surface area (TPSA) is 70.9 Å². The highest BCUT2D eigenvalue weighted by Gasteiger charge is 2.31. The zero-order valence-electron chi connectivity index (χ0n) is 15.2. The van der Waals surface area contributed by atoms with Crippen LogP contribution in [-0.2, 0) is 21.4 Å². The van der Waals surface area contributed by atoms with Crippen molar-refractivity contribution in [2.24, 2.45) is 0 Å². The summed E-state index contributed by atoms with van der Waals surface area (Å²) in [4.78, 5) is 13.0. The molecule has 0 unspecified atom stereocenters. The quantitative estimate of drug-likeness (QED) is 0.713. The third-order valence-corrected chi connectivity index (χ3v) is 6.57. The molecule has 3 rings (SSSR count). The highest BCUT2D eigenvalue weighted by atomic mass is 32.2. The van der Waals surface area contributed by atoms with Crippen molar-refractivity contribution in [3.05, 3.63) is 65.7 Å². The Bertz CT molecular complexity index is 928. The SMILES string of the molecule is O=C(C[NH+]1CCN(S(=O)(=O)c2cccc(F)c2)CC1)NCc1ccc(F)cc1. The molecule has 2 N–H and O–H groups in total. The molecule has 1 saturated heterocycles. The van der Waals surface area contributed by atoms with Crippen molar-refractivity contribution in [1.82, 2.24) is 9.62 Å². The van der Waals surface area contributed by atoms with Gasteiger partial charge in [-0.3, -0.25) is 4.79 Å². The van der Waals surface area contributed by atoms with E-state index in [4.69, 9.17) is 0 Å². The monoisotopic (exact) mass is 410 g/mol. The lowest BCUT2D eigenvalue weighted by Crippen LogP contribution is -3.15. The van der Waals surface area contributed by atoms with Gasteiger partial charge >= 0.3 is 0 Å². The number of nitrogens with zero attached hydrogens (tertiary/aromatic N) is 1. The predicted octanol–water partition coefficient (Wildman–Crippen LogP) is 0.170. The fraction of sp³-hybridized carbons (Fsp3) is 0.316. The minimum atomic E-state index is -3.74. The molecule has 0 radical (unpaired) electrons. The number of hydrogen-bond donors (Lipinski definition) is 2. The summed E-state index contributed by atoms with van der Waals surface area (Å²) in [7, 11) is -3.74. The summed E-state index contributed by atoms with van der Waals surface area (Å²) in [5, 5.41) is 2.78. The number of benzene rings is 2. The molecule has 1 fully saturated rings. The maximum absolute atomic E-state index is 13.3. The average molecular weight is 410 g/mol. The Kier molecular flexibility index (Phi) is 6.38. The highest BCUT2D eigenvalue weighted by molar-refractivity contribution is 7.89. The van der Waals surface area contributed by atoms with Crippen LogP contribution in [0.5, 0.6) is 0 Å². The lowest BCUT2D eigenvalue weighted by molar-refractivity contribution is -0.895. The van der Waals surface area contributed by atoms with Gasteiger partial charge in [0.1, 0.15) is 11.6 Å². The maximum atomic E-state index is 13.3. The number of carbonyl (C=O) groups is 1. The number of sulfonamides is 1. The summed E-state index contributed by atoms with van der Waals surface area (Å²) in [5.41, 5.74) is 0.802. The number of quaternary nitrogens is 1. The van der Waals surface area contributed by atoms with E-state index in [1.54, 1.807) is 12.1 Å². The van der Waals surface area contributed by atoms with Crippen LogP contribution in [0.4, 0.5) is 8.78 Å². The van der Waals surface area contributed by atoms with Crippen molar-refractivity contribution < 1.29 is 26.9 Å². The number of amides is 1. The molecular formula is C19H22F2N3O3S+. The average Bonchev–Trinajstić information content (AvgIpc) is 2.68. The first kappa shape index (κ1) is 20.4. The summed E-state index contributed by atoms with van der Waals surface area (Å²) in [5.74, 6) is -1.07. The molecule has 150 valence electrons. The minimum Gasteiger partial charge on any atom is -0.347 e. The van der Waals surface area contributed by atoms with Gasteiger partial charge in [-0.25, -0.2) is 17.2 Å². The molecule has 2 aromatic carbocycles. The molecule has 0 aliphatic carbocycles. The predicted molar refractivity (Wildman–Crippen MR) is 99.0 cm³/mol. The molecule has 1 heterocycles. The van der Waals surface area contributed by atoms with Crippen LogP contribution in [0.1, 0.15) is 5.56 Å². The van der Waals surface area contributed by atoms with E-state index in [-0.39, 0.29) is 36.3 Å². The van der Waals surface area contributed by atoms with Crippen LogP contribution >= 0.6 is 0 Å². The molecule has 0 saturated carbocycles. The maximum Gasteiger partial charge on any atom is 0.275 e. The fourth-order valence-electron chi connectivity index (χ4n) is 3.09. The Morgan fingerprint density at radius 1 is 1.04 bits per heavy atom. The van der Waals surface area contributed by atoms with Gasteiger partial charge < -0.3 is 10.2 Å². The van der Waals surface area contributed by atoms with Crippen LogP contribution in [-0.4, -0.2) is 51.4 Å². The summed E-state index contributed by atoms with van der Waals surface area (Å²) in [6, 6.07) is 10.9. The second-order valence-corrected chi connectivity index (χ2v) is 8.63. The number of carbonyl (C=O) groups excluding carboxylic acids is 1. The molecule has 0 bridgehead atoms. The van der Waals surface area contributed by atoms with Crippen LogP contribution in [0.25, 0.3) is 0 Å². The molecule has 6 nitrogen and oxygen atoms in total. The van der Waals surface area contributed by atoms with Gasteiger partial charge in [0.15, 0.2) is 6.54 Å². The van der Waals surface area contributed by atoms with Gasteiger partial charge in [-0.2, -0.15) is 4.31 Å². The second kappa shape index (κ2) is 8.76. The third-order valence-electron chi connectivity index (χ3n) is 4.68. The van der Waals surface area contributed by atoms with E-state index in [1.165, 1.54) is 34.6 Å². The van der Waals surface area contributed by atoms with E-state index >= 15 is 0 Å². The second-order valence-electron chi connectivity index (χ2n) is 6.69. The van der Waals surface area contributed by atoms with Crippen molar-refractivity contribution in [2.75, 3.05) is 32.7 Å². The number of nitrogens with one attached hydrogen (secondary N) is 2. The first-order valence-corrected chi connectivity index (χ1v) is 10.4. The largest absolute Gasteiger partial charge is 0.347 e. The Labute approximate surface area is 162 Å². The highest BCUT2D eigenvalue weighted by Crippen LogP contribution is 2.16. The third kappa shape index (κ3) is 5.12.